The average Bonchev–Trinajstić information content (AvgIpc) is 3.30. The molecular formula is C31H36F4N4O7. The van der Waals surface area contributed by atoms with E-state index in [9.17, 15) is 46.6 Å². The van der Waals surface area contributed by atoms with E-state index < -0.39 is 84.3 Å². The first-order chi connectivity index (χ1) is 21.8. The van der Waals surface area contributed by atoms with Gasteiger partial charge in [-0.25, -0.2) is 14.0 Å². The number of amides is 4. The fourth-order valence-electron chi connectivity index (χ4n) is 6.40. The number of aliphatic carboxylic acids is 1. The van der Waals surface area contributed by atoms with Crippen molar-refractivity contribution in [3.05, 3.63) is 47.3 Å². The molecule has 0 spiro atoms. The van der Waals surface area contributed by atoms with Gasteiger partial charge in [0.25, 0.3) is 0 Å². The third-order valence-electron chi connectivity index (χ3n) is 9.04. The van der Waals surface area contributed by atoms with E-state index in [1.54, 1.807) is 12.1 Å². The van der Waals surface area contributed by atoms with Gasteiger partial charge in [-0.05, 0) is 37.3 Å². The summed E-state index contributed by atoms with van der Waals surface area (Å²) in [5, 5.41) is 15.0. The van der Waals surface area contributed by atoms with E-state index in [2.05, 4.69) is 10.6 Å². The molecule has 1 aromatic rings. The Hall–Kier alpha value is -4.17. The molecule has 250 valence electrons. The van der Waals surface area contributed by atoms with E-state index in [-0.39, 0.29) is 38.9 Å². The van der Waals surface area contributed by atoms with Crippen molar-refractivity contribution in [3.8, 4) is 0 Å². The van der Waals surface area contributed by atoms with E-state index >= 15 is 0 Å². The number of benzene rings is 1. The first kappa shape index (κ1) is 33.2. The van der Waals surface area contributed by atoms with Crippen LogP contribution < -0.4 is 10.6 Å². The molecular weight excluding hydrogens is 616 g/mol. The second-order valence-corrected chi connectivity index (χ2v) is 12.4. The number of halogens is 4. The molecule has 11 nitrogen and oxygen atoms in total. The molecule has 1 aromatic carbocycles. The van der Waals surface area contributed by atoms with Gasteiger partial charge < -0.3 is 25.4 Å². The Labute approximate surface area is 262 Å². The number of hydrogen-bond acceptors (Lipinski definition) is 6. The Morgan fingerprint density at radius 2 is 1.91 bits per heavy atom. The summed E-state index contributed by atoms with van der Waals surface area (Å²) in [5.41, 5.74) is -0.612. The van der Waals surface area contributed by atoms with E-state index in [1.165, 1.54) is 17.0 Å². The Morgan fingerprint density at radius 1 is 1.13 bits per heavy atom. The van der Waals surface area contributed by atoms with Gasteiger partial charge in [-0.2, -0.15) is 13.2 Å². The smallest absolute Gasteiger partial charge is 0.410 e. The van der Waals surface area contributed by atoms with Crippen molar-refractivity contribution < 1.29 is 51.4 Å². The third-order valence-corrected chi connectivity index (χ3v) is 9.04. The number of nitrogens with one attached hydrogen (secondary N) is 2. The maximum absolute atomic E-state index is 14.3. The summed E-state index contributed by atoms with van der Waals surface area (Å²) in [6.45, 7) is -0.231. The van der Waals surface area contributed by atoms with Crippen LogP contribution >= 0.6 is 0 Å². The molecule has 5 atom stereocenters. The van der Waals surface area contributed by atoms with Gasteiger partial charge in [-0.3, -0.25) is 19.3 Å². The minimum atomic E-state index is -4.57. The van der Waals surface area contributed by atoms with Gasteiger partial charge in [0.05, 0.1) is 19.5 Å². The number of allylic oxidation sites excluding steroid dienone is 1. The van der Waals surface area contributed by atoms with Crippen molar-refractivity contribution in [1.82, 2.24) is 20.4 Å². The number of carbonyl (C=O) groups excluding carboxylic acids is 4. The largest absolute Gasteiger partial charge is 0.479 e. The number of hydrogen-bond donors (Lipinski definition) is 3. The Kier molecular flexibility index (Phi) is 9.59. The van der Waals surface area contributed by atoms with Crippen LogP contribution in [0.1, 0.15) is 68.9 Å². The maximum atomic E-state index is 14.3. The summed E-state index contributed by atoms with van der Waals surface area (Å²) in [5.74, 6) is -4.69. The molecule has 4 amide bonds. The first-order valence-electron chi connectivity index (χ1n) is 15.4. The van der Waals surface area contributed by atoms with E-state index in [1.807, 2.05) is 6.08 Å². The molecule has 1 saturated heterocycles. The fraction of sp³-hybridized carbons (Fsp3) is 0.581. The van der Waals surface area contributed by atoms with E-state index in [0.29, 0.717) is 36.8 Å². The molecule has 1 aliphatic carbocycles. The molecule has 1 saturated carbocycles. The highest BCUT2D eigenvalue weighted by atomic mass is 19.4. The maximum Gasteiger partial charge on any atom is 0.410 e. The molecule has 4 aliphatic rings. The summed E-state index contributed by atoms with van der Waals surface area (Å²) < 4.78 is 58.2. The van der Waals surface area contributed by atoms with Crippen LogP contribution in [0.3, 0.4) is 0 Å². The Morgan fingerprint density at radius 3 is 2.63 bits per heavy atom. The summed E-state index contributed by atoms with van der Waals surface area (Å²) in [4.78, 5) is 67.8. The monoisotopic (exact) mass is 652 g/mol. The van der Waals surface area contributed by atoms with Gasteiger partial charge in [0, 0.05) is 30.9 Å². The van der Waals surface area contributed by atoms with Crippen molar-refractivity contribution in [2.75, 3.05) is 6.54 Å². The summed E-state index contributed by atoms with van der Waals surface area (Å²) >= 11 is 0. The number of carboxylic acids is 1. The summed E-state index contributed by atoms with van der Waals surface area (Å²) in [6.07, 6.45) is -2.64. The van der Waals surface area contributed by atoms with Gasteiger partial charge in [0.15, 0.2) is 0 Å². The normalized spacial score (nSPS) is 28.3. The van der Waals surface area contributed by atoms with Crippen molar-refractivity contribution >= 4 is 29.8 Å². The lowest BCUT2D eigenvalue weighted by molar-refractivity contribution is -0.147. The van der Waals surface area contributed by atoms with Crippen LogP contribution in [0.4, 0.5) is 22.4 Å². The molecule has 46 heavy (non-hydrogen) atoms. The number of rotatable bonds is 5. The zero-order valence-corrected chi connectivity index (χ0v) is 25.0. The molecule has 3 aliphatic heterocycles. The molecule has 0 aromatic heterocycles. The Balaban J connectivity index is 1.36. The van der Waals surface area contributed by atoms with Crippen LogP contribution in [-0.4, -0.2) is 81.1 Å². The predicted octanol–water partition coefficient (Wildman–Crippen LogP) is 3.55. The van der Waals surface area contributed by atoms with Gasteiger partial charge in [0.2, 0.25) is 17.7 Å². The topological polar surface area (TPSA) is 145 Å². The molecule has 5 rings (SSSR count). The molecule has 2 fully saturated rings. The first-order valence-corrected chi connectivity index (χ1v) is 15.4. The number of carbonyl (C=O) groups is 5. The molecule has 3 N–H and O–H groups in total. The molecule has 15 heteroatoms. The molecule has 0 unspecified atom stereocenters. The number of alkyl halides is 3. The summed E-state index contributed by atoms with van der Waals surface area (Å²) in [7, 11) is 0. The zero-order valence-electron chi connectivity index (χ0n) is 25.0. The van der Waals surface area contributed by atoms with Crippen LogP contribution in [0.5, 0.6) is 0 Å². The minimum Gasteiger partial charge on any atom is -0.479 e. The lowest BCUT2D eigenvalue weighted by atomic mass is 10.0. The van der Waals surface area contributed by atoms with Gasteiger partial charge in [0.1, 0.15) is 29.5 Å². The number of ether oxygens (including phenoxy) is 1. The Bertz CT molecular complexity index is 1420. The number of carboxylic acid groups (broad SMARTS) is 1. The average molecular weight is 653 g/mol. The second-order valence-electron chi connectivity index (χ2n) is 12.4. The predicted molar refractivity (Wildman–Crippen MR) is 152 cm³/mol. The highest BCUT2D eigenvalue weighted by Crippen LogP contribution is 2.45. The highest BCUT2D eigenvalue weighted by Gasteiger charge is 2.61. The van der Waals surface area contributed by atoms with Crippen LogP contribution in [-0.2, 0) is 37.0 Å². The molecule has 0 radical (unpaired) electrons. The van der Waals surface area contributed by atoms with Crippen molar-refractivity contribution in [2.45, 2.75) is 101 Å². The van der Waals surface area contributed by atoms with E-state index in [0.717, 1.165) is 4.90 Å². The van der Waals surface area contributed by atoms with Gasteiger partial charge in [-0.1, -0.05) is 37.1 Å². The zero-order chi connectivity index (χ0) is 33.2. The lowest BCUT2D eigenvalue weighted by Crippen LogP contribution is -2.56. The summed E-state index contributed by atoms with van der Waals surface area (Å²) in [6, 6.07) is 1.94. The highest BCUT2D eigenvalue weighted by molar-refractivity contribution is 5.96. The van der Waals surface area contributed by atoms with Crippen molar-refractivity contribution in [1.29, 1.82) is 0 Å². The van der Waals surface area contributed by atoms with E-state index in [4.69, 9.17) is 4.74 Å². The third kappa shape index (κ3) is 7.44. The SMILES string of the molecule is O=C(CCC(F)(F)F)N[C@H]1CCCCCC=C[C@@H]2C[C@@]2(C(=O)O)NC(=O)[C@@H]2C[C@@H](OC(=O)N3Cc4cccc(F)c4C3)CN2C1=O. The molecule has 3 heterocycles. The number of nitrogens with zero attached hydrogens (tertiary/aromatic N) is 2. The van der Waals surface area contributed by atoms with Crippen LogP contribution in [0, 0.1) is 11.7 Å². The van der Waals surface area contributed by atoms with Crippen molar-refractivity contribution in [3.63, 3.8) is 0 Å². The van der Waals surface area contributed by atoms with Crippen LogP contribution in [0.15, 0.2) is 30.4 Å². The van der Waals surface area contributed by atoms with Crippen LogP contribution in [0.25, 0.3) is 0 Å². The van der Waals surface area contributed by atoms with Crippen LogP contribution in [0.2, 0.25) is 0 Å². The molecule has 0 bridgehead atoms. The fourth-order valence-corrected chi connectivity index (χ4v) is 6.40. The lowest BCUT2D eigenvalue weighted by Gasteiger charge is -2.29. The van der Waals surface area contributed by atoms with Gasteiger partial charge >= 0.3 is 18.2 Å². The second kappa shape index (κ2) is 13.3. The standard InChI is InChI=1S/C31H36F4N4O7/c32-22-9-6-7-18-15-38(17-21(18)22)29(45)46-20-13-24-26(41)37-30(28(43)44)14-19(30)8-4-2-1-3-5-10-23(27(42)39(24)16-20)36-25(40)11-12-31(33,34)35/h4,6-9,19-20,23-24H,1-3,5,10-17H2,(H,36,40)(H,37,41)(H,43,44)/t19-,20-,23+,24+,30-/m1/s1. The number of fused-ring (bicyclic) bond motifs is 3. The minimum absolute atomic E-state index is 0.0395. The van der Waals surface area contributed by atoms with Gasteiger partial charge in [-0.15, -0.1) is 0 Å². The quantitative estimate of drug-likeness (QED) is 0.326. The van der Waals surface area contributed by atoms with Crippen molar-refractivity contribution in [2.24, 2.45) is 5.92 Å².